The summed E-state index contributed by atoms with van der Waals surface area (Å²) in [6.45, 7) is 7.08. The van der Waals surface area contributed by atoms with E-state index in [-0.39, 0.29) is 11.2 Å². The summed E-state index contributed by atoms with van der Waals surface area (Å²) in [6, 6.07) is 7.45. The van der Waals surface area contributed by atoms with Crippen LogP contribution >= 0.6 is 0 Å². The van der Waals surface area contributed by atoms with E-state index in [1.807, 2.05) is 39.0 Å². The predicted octanol–water partition coefficient (Wildman–Crippen LogP) is 3.65. The molecule has 4 nitrogen and oxygen atoms in total. The molecule has 2 rings (SSSR count). The van der Waals surface area contributed by atoms with Crippen molar-refractivity contribution in [2.24, 2.45) is 0 Å². The van der Waals surface area contributed by atoms with Crippen molar-refractivity contribution in [1.29, 1.82) is 0 Å². The van der Waals surface area contributed by atoms with Gasteiger partial charge in [0.25, 0.3) is 0 Å². The quantitative estimate of drug-likeness (QED) is 0.916. The van der Waals surface area contributed by atoms with Gasteiger partial charge in [-0.05, 0) is 58.2 Å². The molecule has 1 aromatic rings. The molecule has 0 unspecified atom stereocenters. The Labute approximate surface area is 119 Å². The van der Waals surface area contributed by atoms with Gasteiger partial charge in [0.15, 0.2) is 0 Å². The Kier molecular flexibility index (Phi) is 3.59. The van der Waals surface area contributed by atoms with Crippen molar-refractivity contribution in [3.63, 3.8) is 0 Å². The number of benzene rings is 1. The van der Waals surface area contributed by atoms with E-state index >= 15 is 0 Å². The molecule has 1 amide bonds. The summed E-state index contributed by atoms with van der Waals surface area (Å²) in [6.07, 6.45) is 1.29. The van der Waals surface area contributed by atoms with Gasteiger partial charge in [0.2, 0.25) is 0 Å². The van der Waals surface area contributed by atoms with Crippen LogP contribution in [0, 0.1) is 0 Å². The van der Waals surface area contributed by atoms with Gasteiger partial charge in [0.1, 0.15) is 11.4 Å². The number of anilines is 1. The van der Waals surface area contributed by atoms with Crippen molar-refractivity contribution in [1.82, 2.24) is 0 Å². The van der Waals surface area contributed by atoms with E-state index < -0.39 is 11.7 Å². The number of Topliss-reactive ketones (excluding diaryl/α,β-unsaturated/α-hetero) is 1. The summed E-state index contributed by atoms with van der Waals surface area (Å²) in [5.41, 5.74) is 0.771. The minimum absolute atomic E-state index is 0.187. The molecule has 1 fully saturated rings. The molecule has 0 saturated heterocycles. The SMILES string of the molecule is CC(=O)C1(c2cccc(NC(=O)OC(C)(C)C)c2)CC1. The lowest BCUT2D eigenvalue weighted by Crippen LogP contribution is -2.27. The lowest BCUT2D eigenvalue weighted by Gasteiger charge is -2.20. The Morgan fingerprint density at radius 1 is 1.25 bits per heavy atom. The van der Waals surface area contributed by atoms with E-state index in [1.165, 1.54) is 0 Å². The largest absolute Gasteiger partial charge is 0.444 e. The van der Waals surface area contributed by atoms with Gasteiger partial charge in [0, 0.05) is 5.69 Å². The third-order valence-corrected chi connectivity index (χ3v) is 3.48. The van der Waals surface area contributed by atoms with Gasteiger partial charge in [-0.25, -0.2) is 4.79 Å². The topological polar surface area (TPSA) is 55.4 Å². The van der Waals surface area contributed by atoms with E-state index in [1.54, 1.807) is 13.0 Å². The molecule has 1 N–H and O–H groups in total. The standard InChI is InChI=1S/C16H21NO3/c1-11(18)16(8-9-16)12-6-5-7-13(10-12)17-14(19)20-15(2,3)4/h5-7,10H,8-9H2,1-4H3,(H,17,19). The average Bonchev–Trinajstić information content (AvgIpc) is 3.07. The van der Waals surface area contributed by atoms with Crippen molar-refractivity contribution >= 4 is 17.6 Å². The predicted molar refractivity (Wildman–Crippen MR) is 77.9 cm³/mol. The van der Waals surface area contributed by atoms with E-state index in [9.17, 15) is 9.59 Å². The smallest absolute Gasteiger partial charge is 0.412 e. The molecule has 0 radical (unpaired) electrons. The summed E-state index contributed by atoms with van der Waals surface area (Å²) < 4.78 is 5.21. The van der Waals surface area contributed by atoms with Gasteiger partial charge in [-0.1, -0.05) is 12.1 Å². The highest BCUT2D eigenvalue weighted by molar-refractivity contribution is 5.92. The Morgan fingerprint density at radius 3 is 2.40 bits per heavy atom. The summed E-state index contributed by atoms with van der Waals surface area (Å²) in [5, 5.41) is 2.71. The second kappa shape index (κ2) is 4.93. The number of hydrogen-bond donors (Lipinski definition) is 1. The Morgan fingerprint density at radius 2 is 1.90 bits per heavy atom. The molecule has 108 valence electrons. The number of hydrogen-bond acceptors (Lipinski definition) is 3. The zero-order valence-electron chi connectivity index (χ0n) is 12.4. The molecule has 1 aliphatic rings. The van der Waals surface area contributed by atoms with Crippen molar-refractivity contribution in [3.05, 3.63) is 29.8 Å². The van der Waals surface area contributed by atoms with E-state index in [0.717, 1.165) is 18.4 Å². The molecule has 1 aromatic carbocycles. The van der Waals surface area contributed by atoms with Gasteiger partial charge < -0.3 is 4.74 Å². The monoisotopic (exact) mass is 275 g/mol. The van der Waals surface area contributed by atoms with Crippen LogP contribution in [0.1, 0.15) is 46.1 Å². The molecule has 0 bridgehead atoms. The van der Waals surface area contributed by atoms with Gasteiger partial charge in [-0.2, -0.15) is 0 Å². The van der Waals surface area contributed by atoms with Crippen LogP contribution in [0.4, 0.5) is 10.5 Å². The molecule has 0 aromatic heterocycles. The molecule has 1 aliphatic carbocycles. The number of ketones is 1. The average molecular weight is 275 g/mol. The summed E-state index contributed by atoms with van der Waals surface area (Å²) >= 11 is 0. The van der Waals surface area contributed by atoms with E-state index in [4.69, 9.17) is 4.74 Å². The number of ether oxygens (including phenoxy) is 1. The Hall–Kier alpha value is -1.84. The van der Waals surface area contributed by atoms with Gasteiger partial charge in [-0.3, -0.25) is 10.1 Å². The zero-order valence-corrected chi connectivity index (χ0v) is 12.4. The number of rotatable bonds is 3. The molecule has 0 atom stereocenters. The van der Waals surface area contributed by atoms with Crippen LogP contribution in [0.25, 0.3) is 0 Å². The molecule has 0 heterocycles. The first-order chi connectivity index (χ1) is 9.23. The summed E-state index contributed by atoms with van der Waals surface area (Å²) in [5.74, 6) is 0.187. The first-order valence-corrected chi connectivity index (χ1v) is 6.84. The molecule has 1 saturated carbocycles. The van der Waals surface area contributed by atoms with E-state index in [2.05, 4.69) is 5.32 Å². The molecule has 20 heavy (non-hydrogen) atoms. The maximum Gasteiger partial charge on any atom is 0.412 e. The minimum Gasteiger partial charge on any atom is -0.444 e. The number of amides is 1. The summed E-state index contributed by atoms with van der Waals surface area (Å²) in [4.78, 5) is 23.5. The number of carbonyl (C=O) groups excluding carboxylic acids is 2. The third-order valence-electron chi connectivity index (χ3n) is 3.48. The van der Waals surface area contributed by atoms with Crippen LogP contribution in [-0.4, -0.2) is 17.5 Å². The fraction of sp³-hybridized carbons (Fsp3) is 0.500. The highest BCUT2D eigenvalue weighted by atomic mass is 16.6. The lowest BCUT2D eigenvalue weighted by molar-refractivity contribution is -0.119. The highest BCUT2D eigenvalue weighted by Gasteiger charge is 2.48. The van der Waals surface area contributed by atoms with Crippen molar-refractivity contribution in [3.8, 4) is 0 Å². The maximum atomic E-state index is 11.7. The van der Waals surface area contributed by atoms with Crippen LogP contribution in [0.5, 0.6) is 0 Å². The second-order valence-electron chi connectivity index (χ2n) is 6.35. The van der Waals surface area contributed by atoms with Gasteiger partial charge >= 0.3 is 6.09 Å². The normalized spacial score (nSPS) is 16.4. The second-order valence-corrected chi connectivity index (χ2v) is 6.35. The summed E-state index contributed by atoms with van der Waals surface area (Å²) in [7, 11) is 0. The lowest BCUT2D eigenvalue weighted by atomic mass is 9.92. The Balaban J connectivity index is 2.11. The molecular formula is C16H21NO3. The maximum absolute atomic E-state index is 11.7. The first-order valence-electron chi connectivity index (χ1n) is 6.84. The van der Waals surface area contributed by atoms with Crippen LogP contribution < -0.4 is 5.32 Å². The van der Waals surface area contributed by atoms with Crippen LogP contribution in [-0.2, 0) is 14.9 Å². The zero-order chi connectivity index (χ0) is 15.0. The van der Waals surface area contributed by atoms with E-state index in [0.29, 0.717) is 5.69 Å². The van der Waals surface area contributed by atoms with Crippen LogP contribution in [0.15, 0.2) is 24.3 Å². The first kappa shape index (κ1) is 14.6. The fourth-order valence-corrected chi connectivity index (χ4v) is 2.29. The van der Waals surface area contributed by atoms with Crippen LogP contribution in [0.3, 0.4) is 0 Å². The fourth-order valence-electron chi connectivity index (χ4n) is 2.29. The van der Waals surface area contributed by atoms with Crippen molar-refractivity contribution < 1.29 is 14.3 Å². The van der Waals surface area contributed by atoms with Crippen LogP contribution in [0.2, 0.25) is 0 Å². The third kappa shape index (κ3) is 3.18. The minimum atomic E-state index is -0.529. The van der Waals surface area contributed by atoms with Gasteiger partial charge in [0.05, 0.1) is 5.41 Å². The van der Waals surface area contributed by atoms with Gasteiger partial charge in [-0.15, -0.1) is 0 Å². The molecular weight excluding hydrogens is 254 g/mol. The van der Waals surface area contributed by atoms with Crippen molar-refractivity contribution in [2.75, 3.05) is 5.32 Å². The molecule has 0 aliphatic heterocycles. The Bertz CT molecular complexity index is 539. The molecule has 4 heteroatoms. The highest BCUT2D eigenvalue weighted by Crippen LogP contribution is 2.49. The van der Waals surface area contributed by atoms with Crippen molar-refractivity contribution in [2.45, 2.75) is 51.6 Å². The molecule has 0 spiro atoms. The number of nitrogens with one attached hydrogen (secondary N) is 1. The number of carbonyl (C=O) groups is 2.